The minimum Gasteiger partial charge on any atom is -0.482 e. The topological polar surface area (TPSA) is 9.23 Å². The van der Waals surface area contributed by atoms with E-state index in [1.54, 1.807) is 0 Å². The fourth-order valence-electron chi connectivity index (χ4n) is 3.09. The minimum absolute atomic E-state index is 0.214. The van der Waals surface area contributed by atoms with Crippen LogP contribution in [0.3, 0.4) is 0 Å². The highest BCUT2D eigenvalue weighted by molar-refractivity contribution is 5.38. The van der Waals surface area contributed by atoms with Crippen molar-refractivity contribution in [1.82, 2.24) is 0 Å². The second-order valence-electron chi connectivity index (χ2n) is 6.03. The molecular weight excluding hydrogens is 256 g/mol. The average molecular weight is 278 g/mol. The van der Waals surface area contributed by atoms with E-state index in [0.717, 1.165) is 31.4 Å². The van der Waals surface area contributed by atoms with Gasteiger partial charge in [0, 0.05) is 0 Å². The molecule has 0 bridgehead atoms. The molecule has 21 heavy (non-hydrogen) atoms. The van der Waals surface area contributed by atoms with E-state index >= 15 is 0 Å². The second kappa shape index (κ2) is 5.77. The molecular formula is C20H22O. The maximum absolute atomic E-state index is 6.51. The molecule has 1 nitrogen and oxygen atoms in total. The maximum atomic E-state index is 6.51. The fraction of sp³-hybridized carbons (Fsp3) is 0.300. The van der Waals surface area contributed by atoms with Crippen LogP contribution in [0, 0.1) is 0 Å². The van der Waals surface area contributed by atoms with Crippen LogP contribution >= 0.6 is 0 Å². The van der Waals surface area contributed by atoms with Gasteiger partial charge >= 0.3 is 0 Å². The molecule has 0 spiro atoms. The lowest BCUT2D eigenvalue weighted by molar-refractivity contribution is 0.0340. The number of hydrogen-bond acceptors (Lipinski definition) is 1. The van der Waals surface area contributed by atoms with E-state index in [1.807, 2.05) is 0 Å². The van der Waals surface area contributed by atoms with Crippen molar-refractivity contribution in [2.45, 2.75) is 38.2 Å². The van der Waals surface area contributed by atoms with E-state index in [1.165, 1.54) is 16.7 Å². The summed E-state index contributed by atoms with van der Waals surface area (Å²) >= 11 is 0. The van der Waals surface area contributed by atoms with Crippen LogP contribution in [0.25, 0.3) is 0 Å². The predicted octanol–water partition coefficient (Wildman–Crippen LogP) is 5.26. The van der Waals surface area contributed by atoms with E-state index < -0.39 is 0 Å². The molecule has 1 aliphatic rings. The van der Waals surface area contributed by atoms with Crippen LogP contribution in [0.2, 0.25) is 0 Å². The molecule has 0 aromatic heterocycles. The first-order valence-electron chi connectivity index (χ1n) is 7.66. The zero-order valence-corrected chi connectivity index (χ0v) is 12.6. The predicted molar refractivity (Wildman–Crippen MR) is 87.6 cm³/mol. The largest absolute Gasteiger partial charge is 0.482 e. The Balaban J connectivity index is 1.97. The van der Waals surface area contributed by atoms with Gasteiger partial charge in [-0.2, -0.15) is 0 Å². The number of benzene rings is 2. The molecule has 0 fully saturated rings. The minimum atomic E-state index is -0.214. The van der Waals surface area contributed by atoms with Crippen LogP contribution in [0.1, 0.15) is 37.3 Å². The van der Waals surface area contributed by atoms with Gasteiger partial charge in [-0.25, -0.2) is 0 Å². The van der Waals surface area contributed by atoms with Gasteiger partial charge in [0.1, 0.15) is 11.4 Å². The summed E-state index contributed by atoms with van der Waals surface area (Å²) in [7, 11) is 0. The lowest BCUT2D eigenvalue weighted by Gasteiger charge is -2.39. The Hall–Kier alpha value is -2.02. The third kappa shape index (κ3) is 2.87. The van der Waals surface area contributed by atoms with Gasteiger partial charge in [0.15, 0.2) is 0 Å². The first-order valence-corrected chi connectivity index (χ1v) is 7.66. The zero-order chi connectivity index (χ0) is 14.7. The normalized spacial score (nSPS) is 20.4. The highest BCUT2D eigenvalue weighted by atomic mass is 16.5. The van der Waals surface area contributed by atoms with Crippen LogP contribution in [0.5, 0.6) is 5.75 Å². The second-order valence-corrected chi connectivity index (χ2v) is 6.03. The van der Waals surface area contributed by atoms with E-state index in [0.29, 0.717) is 0 Å². The van der Waals surface area contributed by atoms with Gasteiger partial charge in [-0.3, -0.25) is 0 Å². The molecule has 1 heterocycles. The van der Waals surface area contributed by atoms with E-state index in [4.69, 9.17) is 4.74 Å². The van der Waals surface area contributed by atoms with E-state index in [2.05, 4.69) is 68.1 Å². The molecule has 0 saturated heterocycles. The highest BCUT2D eigenvalue weighted by Crippen LogP contribution is 2.42. The van der Waals surface area contributed by atoms with Crippen LogP contribution < -0.4 is 4.74 Å². The molecule has 0 radical (unpaired) electrons. The van der Waals surface area contributed by atoms with Crippen molar-refractivity contribution < 1.29 is 4.74 Å². The van der Waals surface area contributed by atoms with Crippen LogP contribution in [0.15, 0.2) is 66.7 Å². The van der Waals surface area contributed by atoms with Crippen molar-refractivity contribution in [1.29, 1.82) is 0 Å². The van der Waals surface area contributed by atoms with Crippen molar-refractivity contribution in [2.75, 3.05) is 0 Å². The summed E-state index contributed by atoms with van der Waals surface area (Å²) in [4.78, 5) is 0. The van der Waals surface area contributed by atoms with Crippen LogP contribution in [0.4, 0.5) is 0 Å². The molecule has 108 valence electrons. The number of hydrogen-bond donors (Lipinski definition) is 0. The van der Waals surface area contributed by atoms with Gasteiger partial charge in [-0.1, -0.05) is 54.1 Å². The van der Waals surface area contributed by atoms with Gasteiger partial charge < -0.3 is 4.74 Å². The third-order valence-corrected chi connectivity index (χ3v) is 4.33. The Kier molecular flexibility index (Phi) is 3.83. The van der Waals surface area contributed by atoms with Crippen molar-refractivity contribution >= 4 is 0 Å². The Labute approximate surface area is 127 Å². The van der Waals surface area contributed by atoms with Gasteiger partial charge in [0.2, 0.25) is 0 Å². The van der Waals surface area contributed by atoms with Crippen LogP contribution in [-0.4, -0.2) is 0 Å². The number of allylic oxidation sites excluding steroid dienone is 1. The number of aryl methyl sites for hydroxylation is 1. The smallest absolute Gasteiger partial charge is 0.135 e. The van der Waals surface area contributed by atoms with Crippen molar-refractivity contribution in [3.8, 4) is 5.75 Å². The molecule has 1 heteroatoms. The molecule has 0 aliphatic carbocycles. The maximum Gasteiger partial charge on any atom is 0.135 e. The Bertz CT molecular complexity index is 629. The molecule has 3 rings (SSSR count). The summed E-state index contributed by atoms with van der Waals surface area (Å²) < 4.78 is 6.51. The monoisotopic (exact) mass is 278 g/mol. The summed E-state index contributed by atoms with van der Waals surface area (Å²) in [5.41, 5.74) is 3.60. The lowest BCUT2D eigenvalue weighted by atomic mass is 9.81. The number of para-hydroxylation sites is 1. The Morgan fingerprint density at radius 1 is 1.10 bits per heavy atom. The molecule has 0 amide bonds. The lowest BCUT2D eigenvalue weighted by Crippen LogP contribution is -2.37. The van der Waals surface area contributed by atoms with Gasteiger partial charge in [0.05, 0.1) is 0 Å². The van der Waals surface area contributed by atoms with Gasteiger partial charge in [0.25, 0.3) is 0 Å². The first-order chi connectivity index (χ1) is 10.2. The Morgan fingerprint density at radius 2 is 1.81 bits per heavy atom. The summed E-state index contributed by atoms with van der Waals surface area (Å²) in [6.45, 7) is 6.15. The molecule has 1 aliphatic heterocycles. The summed E-state index contributed by atoms with van der Waals surface area (Å²) in [6, 6.07) is 19.0. The summed E-state index contributed by atoms with van der Waals surface area (Å²) in [5, 5.41) is 0. The average Bonchev–Trinajstić information content (AvgIpc) is 2.53. The standard InChI is InChI=1S/C20H22O/c1-16(2)12-14-20(18-9-4-3-5-10-18)15-13-17-8-6-7-11-19(17)21-20/h3-11H,1,12-15H2,2H3. The Morgan fingerprint density at radius 3 is 2.57 bits per heavy atom. The number of ether oxygens (including phenoxy) is 1. The fourth-order valence-corrected chi connectivity index (χ4v) is 3.09. The highest BCUT2D eigenvalue weighted by Gasteiger charge is 2.37. The van der Waals surface area contributed by atoms with Crippen molar-refractivity contribution in [3.63, 3.8) is 0 Å². The number of fused-ring (bicyclic) bond motifs is 1. The quantitative estimate of drug-likeness (QED) is 0.693. The first kappa shape index (κ1) is 13.9. The molecule has 2 aromatic rings. The van der Waals surface area contributed by atoms with Crippen molar-refractivity contribution in [3.05, 3.63) is 77.9 Å². The molecule has 0 N–H and O–H groups in total. The van der Waals surface area contributed by atoms with Crippen molar-refractivity contribution in [2.24, 2.45) is 0 Å². The summed E-state index contributed by atoms with van der Waals surface area (Å²) in [5.74, 6) is 1.04. The third-order valence-electron chi connectivity index (χ3n) is 4.33. The molecule has 2 aromatic carbocycles. The van der Waals surface area contributed by atoms with E-state index in [9.17, 15) is 0 Å². The van der Waals surface area contributed by atoms with Gasteiger partial charge in [-0.05, 0) is 49.8 Å². The molecule has 0 saturated carbocycles. The van der Waals surface area contributed by atoms with Gasteiger partial charge in [-0.15, -0.1) is 6.58 Å². The molecule has 1 unspecified atom stereocenters. The molecule has 1 atom stereocenters. The SMILES string of the molecule is C=C(C)CCC1(c2ccccc2)CCc2ccccc2O1. The zero-order valence-electron chi connectivity index (χ0n) is 12.6. The summed E-state index contributed by atoms with van der Waals surface area (Å²) in [6.07, 6.45) is 4.08. The number of rotatable bonds is 4. The van der Waals surface area contributed by atoms with Crippen LogP contribution in [-0.2, 0) is 12.0 Å². The van der Waals surface area contributed by atoms with E-state index in [-0.39, 0.29) is 5.60 Å².